The Kier molecular flexibility index (Phi) is 3.95. The second kappa shape index (κ2) is 6.22. The van der Waals surface area contributed by atoms with Crippen LogP contribution in [0.4, 0.5) is 11.4 Å². The van der Waals surface area contributed by atoms with E-state index >= 15 is 0 Å². The molecule has 0 fully saturated rings. The van der Waals surface area contributed by atoms with Gasteiger partial charge in [0.2, 0.25) is 0 Å². The molecule has 2 aromatic carbocycles. The maximum atomic E-state index is 11.6. The van der Waals surface area contributed by atoms with Gasteiger partial charge < -0.3 is 9.73 Å². The van der Waals surface area contributed by atoms with Crippen molar-refractivity contribution in [2.75, 3.05) is 5.32 Å². The lowest BCUT2D eigenvalue weighted by atomic mass is 10.1. The average Bonchev–Trinajstić information content (AvgIpc) is 2.59. The van der Waals surface area contributed by atoms with E-state index in [9.17, 15) is 14.9 Å². The topological polar surface area (TPSA) is 109 Å². The third-order valence-electron chi connectivity index (χ3n) is 3.50. The lowest BCUT2D eigenvalue weighted by Gasteiger charge is -2.09. The van der Waals surface area contributed by atoms with Crippen LogP contribution in [0.2, 0.25) is 0 Å². The van der Waals surface area contributed by atoms with Crippen LogP contribution in [-0.4, -0.2) is 4.92 Å². The Labute approximate surface area is 135 Å². The molecule has 3 rings (SSSR count). The highest BCUT2D eigenvalue weighted by molar-refractivity contribution is 5.91. The zero-order valence-corrected chi connectivity index (χ0v) is 12.4. The smallest absolute Gasteiger partial charge is 0.338 e. The summed E-state index contributed by atoms with van der Waals surface area (Å²) in [6, 6.07) is 14.3. The first kappa shape index (κ1) is 15.2. The van der Waals surface area contributed by atoms with E-state index in [1.807, 2.05) is 6.07 Å². The summed E-state index contributed by atoms with van der Waals surface area (Å²) in [7, 11) is 0. The van der Waals surface area contributed by atoms with Crippen LogP contribution in [0.5, 0.6) is 0 Å². The third-order valence-corrected chi connectivity index (χ3v) is 3.50. The number of hydrogen-bond acceptors (Lipinski definition) is 6. The normalized spacial score (nSPS) is 10.3. The maximum absolute atomic E-state index is 11.6. The van der Waals surface area contributed by atoms with Gasteiger partial charge in [0.1, 0.15) is 5.58 Å². The summed E-state index contributed by atoms with van der Waals surface area (Å²) in [5, 5.41) is 23.3. The predicted molar refractivity (Wildman–Crippen MR) is 87.6 cm³/mol. The summed E-state index contributed by atoms with van der Waals surface area (Å²) >= 11 is 0. The lowest BCUT2D eigenvalue weighted by Crippen LogP contribution is -2.05. The summed E-state index contributed by atoms with van der Waals surface area (Å²) < 4.78 is 5.07. The van der Waals surface area contributed by atoms with Crippen molar-refractivity contribution in [1.82, 2.24) is 0 Å². The van der Waals surface area contributed by atoms with E-state index < -0.39 is 10.5 Å². The molecule has 0 aliphatic rings. The van der Waals surface area contributed by atoms with Crippen molar-refractivity contribution in [3.8, 4) is 6.07 Å². The number of rotatable bonds is 4. The van der Waals surface area contributed by atoms with Crippen LogP contribution >= 0.6 is 0 Å². The van der Waals surface area contributed by atoms with Gasteiger partial charge >= 0.3 is 5.63 Å². The van der Waals surface area contributed by atoms with Crippen molar-refractivity contribution < 1.29 is 9.34 Å². The molecule has 1 heterocycles. The zero-order chi connectivity index (χ0) is 17.1. The number of nitrogens with one attached hydrogen (secondary N) is 1. The predicted octanol–water partition coefficient (Wildman–Crippen LogP) is 3.18. The van der Waals surface area contributed by atoms with E-state index in [4.69, 9.17) is 9.68 Å². The second-order valence-electron chi connectivity index (χ2n) is 5.08. The van der Waals surface area contributed by atoms with Gasteiger partial charge in [-0.05, 0) is 23.8 Å². The van der Waals surface area contributed by atoms with E-state index in [0.717, 1.165) is 5.56 Å². The van der Waals surface area contributed by atoms with E-state index in [0.29, 0.717) is 23.2 Å². The molecule has 0 aliphatic carbocycles. The van der Waals surface area contributed by atoms with Gasteiger partial charge in [0, 0.05) is 30.1 Å². The van der Waals surface area contributed by atoms with Crippen LogP contribution in [0.15, 0.2) is 57.7 Å². The SMILES string of the molecule is N#Cc1ccc(CNc2cc(=O)oc3ccc([N+](=O)[O-])cc23)cc1. The monoisotopic (exact) mass is 321 g/mol. The first-order chi connectivity index (χ1) is 11.6. The highest BCUT2D eigenvalue weighted by Crippen LogP contribution is 2.26. The van der Waals surface area contributed by atoms with E-state index in [1.54, 1.807) is 24.3 Å². The number of nitro groups is 1. The standard InChI is InChI=1S/C17H11N3O4/c18-9-11-1-3-12(4-2-11)10-19-15-8-17(21)24-16-6-5-13(20(22)23)7-14(15)16/h1-8,19H,10H2. The Bertz CT molecular complexity index is 1020. The van der Waals surface area contributed by atoms with Gasteiger partial charge in [0.15, 0.2) is 0 Å². The highest BCUT2D eigenvalue weighted by atomic mass is 16.6. The second-order valence-corrected chi connectivity index (χ2v) is 5.08. The first-order valence-corrected chi connectivity index (χ1v) is 7.02. The van der Waals surface area contributed by atoms with Gasteiger partial charge in [-0.1, -0.05) is 12.1 Å². The molecule has 7 heteroatoms. The number of nitriles is 1. The molecule has 0 aliphatic heterocycles. The molecule has 0 saturated heterocycles. The molecule has 0 bridgehead atoms. The molecule has 24 heavy (non-hydrogen) atoms. The molecule has 0 saturated carbocycles. The fraction of sp³-hybridized carbons (Fsp3) is 0.0588. The Morgan fingerprint density at radius 3 is 2.58 bits per heavy atom. The molecule has 0 atom stereocenters. The zero-order valence-electron chi connectivity index (χ0n) is 12.4. The van der Waals surface area contributed by atoms with Crippen molar-refractivity contribution in [1.29, 1.82) is 5.26 Å². The largest absolute Gasteiger partial charge is 0.423 e. The molecular weight excluding hydrogens is 310 g/mol. The highest BCUT2D eigenvalue weighted by Gasteiger charge is 2.11. The van der Waals surface area contributed by atoms with Crippen molar-refractivity contribution in [2.45, 2.75) is 6.54 Å². The molecule has 3 aromatic rings. The van der Waals surface area contributed by atoms with Gasteiger partial charge in [-0.25, -0.2) is 4.79 Å². The molecule has 0 amide bonds. The van der Waals surface area contributed by atoms with Crippen molar-refractivity contribution in [2.24, 2.45) is 0 Å². The minimum atomic E-state index is -0.543. The van der Waals surface area contributed by atoms with Crippen molar-refractivity contribution in [3.05, 3.63) is 80.2 Å². The number of hydrogen-bond donors (Lipinski definition) is 1. The molecule has 7 nitrogen and oxygen atoms in total. The molecule has 0 radical (unpaired) electrons. The first-order valence-electron chi connectivity index (χ1n) is 7.02. The number of nitrogens with zero attached hydrogens (tertiary/aromatic N) is 2. The van der Waals surface area contributed by atoms with Gasteiger partial charge in [-0.3, -0.25) is 10.1 Å². The van der Waals surface area contributed by atoms with Gasteiger partial charge in [-0.2, -0.15) is 5.26 Å². The number of anilines is 1. The van der Waals surface area contributed by atoms with Crippen LogP contribution in [0.3, 0.4) is 0 Å². The van der Waals surface area contributed by atoms with Crippen LogP contribution in [0.1, 0.15) is 11.1 Å². The lowest BCUT2D eigenvalue weighted by molar-refractivity contribution is -0.384. The summed E-state index contributed by atoms with van der Waals surface area (Å²) in [4.78, 5) is 22.1. The summed E-state index contributed by atoms with van der Waals surface area (Å²) in [5.41, 5.74) is 1.56. The van der Waals surface area contributed by atoms with E-state index in [1.165, 1.54) is 24.3 Å². The summed E-state index contributed by atoms with van der Waals surface area (Å²) in [5.74, 6) is 0. The maximum Gasteiger partial charge on any atom is 0.338 e. The van der Waals surface area contributed by atoms with Crippen LogP contribution in [0, 0.1) is 21.4 Å². The molecule has 0 spiro atoms. The number of fused-ring (bicyclic) bond motifs is 1. The minimum Gasteiger partial charge on any atom is -0.423 e. The molecule has 118 valence electrons. The molecule has 1 N–H and O–H groups in total. The molecular formula is C17H11N3O4. The summed E-state index contributed by atoms with van der Waals surface area (Å²) in [6.07, 6.45) is 0. The fourth-order valence-electron chi connectivity index (χ4n) is 2.31. The Morgan fingerprint density at radius 2 is 1.92 bits per heavy atom. The fourth-order valence-corrected chi connectivity index (χ4v) is 2.31. The van der Waals surface area contributed by atoms with Gasteiger partial charge in [0.05, 0.1) is 22.2 Å². The number of benzene rings is 2. The Morgan fingerprint density at radius 1 is 1.17 bits per heavy atom. The average molecular weight is 321 g/mol. The van der Waals surface area contributed by atoms with Crippen LogP contribution < -0.4 is 10.9 Å². The number of nitro benzene ring substituents is 1. The van der Waals surface area contributed by atoms with Crippen molar-refractivity contribution in [3.63, 3.8) is 0 Å². The van der Waals surface area contributed by atoms with Gasteiger partial charge in [0.25, 0.3) is 5.69 Å². The Balaban J connectivity index is 1.95. The quantitative estimate of drug-likeness (QED) is 0.449. The van der Waals surface area contributed by atoms with Gasteiger partial charge in [-0.15, -0.1) is 0 Å². The Hall–Kier alpha value is -3.66. The van der Waals surface area contributed by atoms with Crippen LogP contribution in [0.25, 0.3) is 11.0 Å². The van der Waals surface area contributed by atoms with E-state index in [2.05, 4.69) is 5.32 Å². The number of non-ortho nitro benzene ring substituents is 1. The third kappa shape index (κ3) is 3.08. The van der Waals surface area contributed by atoms with Crippen LogP contribution in [-0.2, 0) is 6.54 Å². The minimum absolute atomic E-state index is 0.0854. The molecule has 0 unspecified atom stereocenters. The van der Waals surface area contributed by atoms with E-state index in [-0.39, 0.29) is 11.3 Å². The van der Waals surface area contributed by atoms with Crippen molar-refractivity contribution >= 4 is 22.3 Å². The molecule has 1 aromatic heterocycles. The summed E-state index contributed by atoms with van der Waals surface area (Å²) in [6.45, 7) is 0.396.